The van der Waals surface area contributed by atoms with Gasteiger partial charge in [-0.3, -0.25) is 0 Å². The highest BCUT2D eigenvalue weighted by Crippen LogP contribution is 2.21. The minimum atomic E-state index is 0.759. The number of hydrogen-bond donors (Lipinski definition) is 0. The minimum absolute atomic E-state index is 0.759. The van der Waals surface area contributed by atoms with Gasteiger partial charge >= 0.3 is 0 Å². The summed E-state index contributed by atoms with van der Waals surface area (Å²) in [4.78, 5) is 4.00. The lowest BCUT2D eigenvalue weighted by atomic mass is 10.3. The van der Waals surface area contributed by atoms with Crippen LogP contribution in [0.2, 0.25) is 0 Å². The Labute approximate surface area is 66.0 Å². The van der Waals surface area contributed by atoms with Crippen LogP contribution in [0.5, 0.6) is 0 Å². The van der Waals surface area contributed by atoms with Gasteiger partial charge in [-0.2, -0.15) is 0 Å². The lowest BCUT2D eigenvalue weighted by Crippen LogP contribution is -1.71. The second kappa shape index (κ2) is 2.09. The van der Waals surface area contributed by atoms with Crippen LogP contribution in [0.3, 0.4) is 0 Å². The van der Waals surface area contributed by atoms with E-state index in [0.29, 0.717) is 0 Å². The molecule has 0 N–H and O–H groups in total. The Morgan fingerprint density at radius 1 is 1.40 bits per heavy atom. The summed E-state index contributed by atoms with van der Waals surface area (Å²) < 4.78 is 5.90. The van der Waals surface area contributed by atoms with Crippen molar-refractivity contribution in [3.63, 3.8) is 0 Å². The molecule has 2 heterocycles. The smallest absolute Gasteiger partial charge is 0.166 e. The van der Waals surface area contributed by atoms with Crippen LogP contribution in [-0.4, -0.2) is 4.98 Å². The Morgan fingerprint density at radius 2 is 2.30 bits per heavy atom. The molecule has 0 atom stereocenters. The molecule has 0 spiro atoms. The molecular formula is C7H4BrNO. The van der Waals surface area contributed by atoms with Gasteiger partial charge in [0.2, 0.25) is 0 Å². The lowest BCUT2D eigenvalue weighted by Gasteiger charge is -1.87. The summed E-state index contributed by atoms with van der Waals surface area (Å²) in [6, 6.07) is 3.81. The van der Waals surface area contributed by atoms with Crippen LogP contribution in [-0.2, 0) is 0 Å². The van der Waals surface area contributed by atoms with Gasteiger partial charge in [0.1, 0.15) is 4.60 Å². The zero-order chi connectivity index (χ0) is 6.97. The summed E-state index contributed by atoms with van der Waals surface area (Å²) in [5.74, 6) is 0. The van der Waals surface area contributed by atoms with E-state index in [4.69, 9.17) is 4.42 Å². The number of rotatable bonds is 0. The lowest BCUT2D eigenvalue weighted by molar-refractivity contribution is 0.612. The molecule has 0 unspecified atom stereocenters. The Bertz CT molecular complexity index is 355. The molecule has 0 saturated carbocycles. The van der Waals surface area contributed by atoms with E-state index in [1.54, 1.807) is 12.5 Å². The molecule has 2 nitrogen and oxygen atoms in total. The molecule has 0 fully saturated rings. The fourth-order valence-electron chi connectivity index (χ4n) is 0.860. The molecular weight excluding hydrogens is 194 g/mol. The van der Waals surface area contributed by atoms with E-state index in [1.807, 2.05) is 12.1 Å². The van der Waals surface area contributed by atoms with Crippen LogP contribution in [0.25, 0.3) is 11.0 Å². The van der Waals surface area contributed by atoms with Crippen molar-refractivity contribution in [3.8, 4) is 0 Å². The number of furan rings is 1. The Hall–Kier alpha value is -0.830. The van der Waals surface area contributed by atoms with Crippen LogP contribution in [0.1, 0.15) is 0 Å². The maximum Gasteiger partial charge on any atom is 0.166 e. The largest absolute Gasteiger partial charge is 0.461 e. The van der Waals surface area contributed by atoms with Crippen molar-refractivity contribution in [1.82, 2.24) is 4.98 Å². The highest BCUT2D eigenvalue weighted by atomic mass is 79.9. The molecule has 0 radical (unpaired) electrons. The summed E-state index contributed by atoms with van der Waals surface area (Å²) in [6.45, 7) is 0. The highest BCUT2D eigenvalue weighted by Gasteiger charge is 1.99. The Balaban J connectivity index is 2.95. The molecule has 0 amide bonds. The van der Waals surface area contributed by atoms with Crippen LogP contribution in [0, 0.1) is 0 Å². The van der Waals surface area contributed by atoms with E-state index >= 15 is 0 Å². The van der Waals surface area contributed by atoms with Gasteiger partial charge in [0.15, 0.2) is 5.58 Å². The first-order valence-electron chi connectivity index (χ1n) is 2.85. The molecule has 0 aliphatic heterocycles. The first-order valence-corrected chi connectivity index (χ1v) is 3.65. The second-order valence-electron chi connectivity index (χ2n) is 1.94. The number of pyridine rings is 1. The maximum absolute atomic E-state index is 5.14. The average Bonchev–Trinajstić information content (AvgIpc) is 2.36. The van der Waals surface area contributed by atoms with Crippen molar-refractivity contribution in [1.29, 1.82) is 0 Å². The minimum Gasteiger partial charge on any atom is -0.461 e. The van der Waals surface area contributed by atoms with Crippen LogP contribution < -0.4 is 0 Å². The first kappa shape index (κ1) is 5.92. The number of hydrogen-bond acceptors (Lipinski definition) is 2. The molecule has 2 aromatic rings. The van der Waals surface area contributed by atoms with Gasteiger partial charge in [-0.05, 0) is 28.1 Å². The molecule has 2 aromatic heterocycles. The van der Waals surface area contributed by atoms with Crippen molar-refractivity contribution in [3.05, 3.63) is 29.2 Å². The van der Waals surface area contributed by atoms with E-state index in [9.17, 15) is 0 Å². The molecule has 0 aliphatic carbocycles. The third kappa shape index (κ3) is 0.743. The van der Waals surface area contributed by atoms with E-state index < -0.39 is 0 Å². The fourth-order valence-corrected chi connectivity index (χ4v) is 1.30. The van der Waals surface area contributed by atoms with Gasteiger partial charge < -0.3 is 4.42 Å². The van der Waals surface area contributed by atoms with E-state index in [0.717, 1.165) is 15.6 Å². The maximum atomic E-state index is 5.14. The average molecular weight is 198 g/mol. The van der Waals surface area contributed by atoms with Crippen molar-refractivity contribution in [2.45, 2.75) is 0 Å². The molecule has 0 saturated heterocycles. The molecule has 2 rings (SSSR count). The second-order valence-corrected chi connectivity index (χ2v) is 2.69. The third-order valence-electron chi connectivity index (χ3n) is 1.33. The monoisotopic (exact) mass is 197 g/mol. The first-order chi connectivity index (χ1) is 4.88. The van der Waals surface area contributed by atoms with Crippen molar-refractivity contribution in [2.75, 3.05) is 0 Å². The zero-order valence-corrected chi connectivity index (χ0v) is 6.63. The Kier molecular flexibility index (Phi) is 1.24. The standard InChI is InChI=1S/C7H4BrNO/c8-7-6-5(1-3-9-7)2-4-10-6/h1-4H. The van der Waals surface area contributed by atoms with Gasteiger partial charge in [-0.25, -0.2) is 4.98 Å². The zero-order valence-electron chi connectivity index (χ0n) is 5.04. The van der Waals surface area contributed by atoms with E-state index in [1.165, 1.54) is 0 Å². The molecule has 10 heavy (non-hydrogen) atoms. The number of nitrogens with zero attached hydrogens (tertiary/aromatic N) is 1. The predicted octanol–water partition coefficient (Wildman–Crippen LogP) is 2.59. The summed E-state index contributed by atoms with van der Waals surface area (Å²) >= 11 is 3.27. The molecule has 0 aromatic carbocycles. The Morgan fingerprint density at radius 3 is 3.10 bits per heavy atom. The topological polar surface area (TPSA) is 26.0 Å². The third-order valence-corrected chi connectivity index (χ3v) is 1.89. The number of fused-ring (bicyclic) bond motifs is 1. The highest BCUT2D eigenvalue weighted by molar-refractivity contribution is 9.10. The van der Waals surface area contributed by atoms with Gasteiger partial charge in [0.05, 0.1) is 6.26 Å². The van der Waals surface area contributed by atoms with Crippen LogP contribution in [0.4, 0.5) is 0 Å². The predicted molar refractivity (Wildman–Crippen MR) is 41.7 cm³/mol. The SMILES string of the molecule is Brc1nccc2ccoc12. The van der Waals surface area contributed by atoms with Crippen LogP contribution >= 0.6 is 15.9 Å². The summed E-state index contributed by atoms with van der Waals surface area (Å²) in [6.07, 6.45) is 3.39. The normalized spacial score (nSPS) is 10.5. The molecule has 0 bridgehead atoms. The van der Waals surface area contributed by atoms with Crippen molar-refractivity contribution in [2.24, 2.45) is 0 Å². The molecule has 0 aliphatic rings. The molecule has 3 heteroatoms. The number of halogens is 1. The summed E-state index contributed by atoms with van der Waals surface area (Å²) in [5, 5.41) is 1.07. The molecule has 50 valence electrons. The van der Waals surface area contributed by atoms with Gasteiger partial charge in [-0.15, -0.1) is 0 Å². The van der Waals surface area contributed by atoms with Gasteiger partial charge in [0, 0.05) is 11.6 Å². The van der Waals surface area contributed by atoms with E-state index in [-0.39, 0.29) is 0 Å². The summed E-state index contributed by atoms with van der Waals surface area (Å²) in [7, 11) is 0. The fraction of sp³-hybridized carbons (Fsp3) is 0. The quantitative estimate of drug-likeness (QED) is 0.608. The number of aromatic nitrogens is 1. The van der Waals surface area contributed by atoms with Crippen molar-refractivity contribution < 1.29 is 4.42 Å². The van der Waals surface area contributed by atoms with Gasteiger partial charge in [-0.1, -0.05) is 0 Å². The van der Waals surface area contributed by atoms with E-state index in [2.05, 4.69) is 20.9 Å². The van der Waals surface area contributed by atoms with Gasteiger partial charge in [0.25, 0.3) is 0 Å². The van der Waals surface area contributed by atoms with Crippen molar-refractivity contribution >= 4 is 26.9 Å². The summed E-state index contributed by atoms with van der Waals surface area (Å²) in [5.41, 5.74) is 0.808. The van der Waals surface area contributed by atoms with Crippen LogP contribution in [0.15, 0.2) is 33.6 Å².